The van der Waals surface area contributed by atoms with Gasteiger partial charge in [0, 0.05) is 68.1 Å². The van der Waals surface area contributed by atoms with Crippen LogP contribution in [0.3, 0.4) is 0 Å². The zero-order valence-electron chi connectivity index (χ0n) is 16.6. The molecule has 1 unspecified atom stereocenters. The van der Waals surface area contributed by atoms with E-state index in [0.717, 1.165) is 39.1 Å². The summed E-state index contributed by atoms with van der Waals surface area (Å²) in [4.78, 5) is 24.3. The van der Waals surface area contributed by atoms with Crippen LogP contribution in [0.25, 0.3) is 10.9 Å². The summed E-state index contributed by atoms with van der Waals surface area (Å²) in [6, 6.07) is 8.59. The van der Waals surface area contributed by atoms with E-state index in [2.05, 4.69) is 61.8 Å². The number of anilines is 1. The molecule has 2 saturated heterocycles. The van der Waals surface area contributed by atoms with Gasteiger partial charge in [0.15, 0.2) is 0 Å². The van der Waals surface area contributed by atoms with Gasteiger partial charge in [-0.3, -0.25) is 4.90 Å². The van der Waals surface area contributed by atoms with Crippen molar-refractivity contribution in [1.82, 2.24) is 19.4 Å². The lowest BCUT2D eigenvalue weighted by atomic mass is 9.86. The van der Waals surface area contributed by atoms with Gasteiger partial charge >= 0.3 is 5.97 Å². The Kier molecular flexibility index (Phi) is 4.28. The molecular weight excluding hydrogens is 366 g/mol. The Balaban J connectivity index is 1.27. The number of aryl methyl sites for hydroxylation is 1. The van der Waals surface area contributed by atoms with Crippen molar-refractivity contribution in [3.8, 4) is 0 Å². The van der Waals surface area contributed by atoms with Crippen LogP contribution < -0.4 is 4.90 Å². The molecule has 5 rings (SSSR count). The number of carboxylic acids is 1. The Morgan fingerprint density at radius 1 is 1.14 bits per heavy atom. The molecule has 2 fully saturated rings. The quantitative estimate of drug-likeness (QED) is 0.737. The first-order valence-corrected chi connectivity index (χ1v) is 10.1. The summed E-state index contributed by atoms with van der Waals surface area (Å²) < 4.78 is 2.21. The maximum absolute atomic E-state index is 11.0. The summed E-state index contributed by atoms with van der Waals surface area (Å²) in [7, 11) is 2.11. The standard InChI is InChI=1S/C22H25N5O2/c1-25-12-17(18-4-2-3-5-19(18)25)13-26-8-6-22(14-26)7-9-27(15-22)21-23-10-16(11-24-21)20(28)29/h2-5,10-12H,6-9,13-15H2,1H3,(H,28,29). The topological polar surface area (TPSA) is 74.5 Å². The zero-order chi connectivity index (χ0) is 20.0. The minimum Gasteiger partial charge on any atom is -0.478 e. The summed E-state index contributed by atoms with van der Waals surface area (Å²) in [5, 5.41) is 10.4. The lowest BCUT2D eigenvalue weighted by Crippen LogP contribution is -2.31. The average molecular weight is 391 g/mol. The van der Waals surface area contributed by atoms with E-state index in [9.17, 15) is 4.79 Å². The number of fused-ring (bicyclic) bond motifs is 1. The van der Waals surface area contributed by atoms with E-state index < -0.39 is 5.97 Å². The van der Waals surface area contributed by atoms with Crippen LogP contribution in [0.2, 0.25) is 0 Å². The summed E-state index contributed by atoms with van der Waals surface area (Å²) in [6.07, 6.45) is 7.37. The fourth-order valence-corrected chi connectivity index (χ4v) is 4.99. The molecule has 1 N–H and O–H groups in total. The van der Waals surface area contributed by atoms with E-state index in [0.29, 0.717) is 5.95 Å². The van der Waals surface area contributed by atoms with Crippen LogP contribution in [-0.2, 0) is 13.6 Å². The Bertz CT molecular complexity index is 1060. The first-order chi connectivity index (χ1) is 14.0. The van der Waals surface area contributed by atoms with Gasteiger partial charge in [-0.15, -0.1) is 0 Å². The SMILES string of the molecule is Cn1cc(CN2CCC3(CCN(c4ncc(C(=O)O)cn4)C3)C2)c2ccccc21. The number of likely N-dealkylation sites (tertiary alicyclic amines) is 1. The number of nitrogens with zero attached hydrogens (tertiary/aromatic N) is 5. The number of carbonyl (C=O) groups is 1. The van der Waals surface area contributed by atoms with Gasteiger partial charge < -0.3 is 14.6 Å². The highest BCUT2D eigenvalue weighted by molar-refractivity contribution is 5.86. The van der Waals surface area contributed by atoms with Crippen LogP contribution in [0.5, 0.6) is 0 Å². The van der Waals surface area contributed by atoms with Crippen LogP contribution in [0.4, 0.5) is 5.95 Å². The fraction of sp³-hybridized carbons (Fsp3) is 0.409. The number of hydrogen-bond donors (Lipinski definition) is 1. The first-order valence-electron chi connectivity index (χ1n) is 10.1. The molecule has 0 bridgehead atoms. The van der Waals surface area contributed by atoms with Gasteiger partial charge in [-0.25, -0.2) is 14.8 Å². The Morgan fingerprint density at radius 3 is 2.69 bits per heavy atom. The van der Waals surface area contributed by atoms with Crippen molar-refractivity contribution in [3.63, 3.8) is 0 Å². The highest BCUT2D eigenvalue weighted by atomic mass is 16.4. The number of carboxylic acid groups (broad SMARTS) is 1. The lowest BCUT2D eigenvalue weighted by molar-refractivity contribution is 0.0696. The van der Waals surface area contributed by atoms with Crippen molar-refractivity contribution < 1.29 is 9.90 Å². The van der Waals surface area contributed by atoms with Crippen LogP contribution in [-0.4, -0.2) is 56.7 Å². The molecular formula is C22H25N5O2. The normalized spacial score (nSPS) is 22.2. The highest BCUT2D eigenvalue weighted by Gasteiger charge is 2.44. The summed E-state index contributed by atoms with van der Waals surface area (Å²) in [5.74, 6) is -0.353. The smallest absolute Gasteiger partial charge is 0.338 e. The van der Waals surface area contributed by atoms with Crippen molar-refractivity contribution in [2.45, 2.75) is 19.4 Å². The van der Waals surface area contributed by atoms with Crippen LogP contribution in [0.15, 0.2) is 42.9 Å². The molecule has 0 saturated carbocycles. The second-order valence-electron chi connectivity index (χ2n) is 8.49. The number of benzene rings is 1. The molecule has 1 atom stereocenters. The van der Waals surface area contributed by atoms with Gasteiger partial charge in [0.2, 0.25) is 5.95 Å². The Morgan fingerprint density at radius 2 is 1.90 bits per heavy atom. The van der Waals surface area contributed by atoms with E-state index in [1.165, 1.54) is 35.3 Å². The second-order valence-corrected chi connectivity index (χ2v) is 8.49. The van der Waals surface area contributed by atoms with E-state index in [-0.39, 0.29) is 11.0 Å². The van der Waals surface area contributed by atoms with Crippen LogP contribution in [0, 0.1) is 5.41 Å². The van der Waals surface area contributed by atoms with E-state index in [1.54, 1.807) is 0 Å². The van der Waals surface area contributed by atoms with Gasteiger partial charge in [0.25, 0.3) is 0 Å². The van der Waals surface area contributed by atoms with Gasteiger partial charge in [-0.2, -0.15) is 0 Å². The molecule has 29 heavy (non-hydrogen) atoms. The van der Waals surface area contributed by atoms with Crippen molar-refractivity contribution in [3.05, 3.63) is 54.0 Å². The van der Waals surface area contributed by atoms with E-state index >= 15 is 0 Å². The molecule has 0 amide bonds. The molecule has 0 aliphatic carbocycles. The summed E-state index contributed by atoms with van der Waals surface area (Å²) in [5.41, 5.74) is 3.08. The van der Waals surface area contributed by atoms with Crippen molar-refractivity contribution in [1.29, 1.82) is 0 Å². The van der Waals surface area contributed by atoms with Crippen molar-refractivity contribution >= 4 is 22.8 Å². The van der Waals surface area contributed by atoms with Crippen LogP contribution in [0.1, 0.15) is 28.8 Å². The molecule has 3 aromatic rings. The molecule has 7 heteroatoms. The maximum atomic E-state index is 11.0. The van der Waals surface area contributed by atoms with Gasteiger partial charge in [-0.1, -0.05) is 18.2 Å². The molecule has 2 aliphatic heterocycles. The average Bonchev–Trinajstić information content (AvgIpc) is 3.42. The molecule has 2 aliphatic rings. The molecule has 2 aromatic heterocycles. The van der Waals surface area contributed by atoms with E-state index in [4.69, 9.17) is 5.11 Å². The van der Waals surface area contributed by atoms with Crippen molar-refractivity contribution in [2.24, 2.45) is 12.5 Å². The second kappa shape index (κ2) is 6.84. The molecule has 7 nitrogen and oxygen atoms in total. The molecule has 4 heterocycles. The third-order valence-corrected chi connectivity index (χ3v) is 6.50. The number of aromatic carboxylic acids is 1. The fourth-order valence-electron chi connectivity index (χ4n) is 4.99. The van der Waals surface area contributed by atoms with Gasteiger partial charge in [-0.05, 0) is 31.0 Å². The molecule has 0 radical (unpaired) electrons. The van der Waals surface area contributed by atoms with Crippen LogP contribution >= 0.6 is 0 Å². The Labute approximate surface area is 169 Å². The van der Waals surface area contributed by atoms with Crippen molar-refractivity contribution in [2.75, 3.05) is 31.1 Å². The molecule has 1 spiro atoms. The Hall–Kier alpha value is -2.93. The number of aromatic nitrogens is 3. The maximum Gasteiger partial charge on any atom is 0.338 e. The number of rotatable bonds is 4. The third-order valence-electron chi connectivity index (χ3n) is 6.50. The third kappa shape index (κ3) is 3.25. The largest absolute Gasteiger partial charge is 0.478 e. The molecule has 1 aromatic carbocycles. The predicted octanol–water partition coefficient (Wildman–Crippen LogP) is 2.77. The minimum absolute atomic E-state index is 0.129. The minimum atomic E-state index is -0.991. The summed E-state index contributed by atoms with van der Waals surface area (Å²) >= 11 is 0. The van der Waals surface area contributed by atoms with E-state index in [1.807, 2.05) is 0 Å². The first kappa shape index (κ1) is 18.1. The lowest BCUT2D eigenvalue weighted by Gasteiger charge is -2.24. The molecule has 150 valence electrons. The van der Waals surface area contributed by atoms with Gasteiger partial charge in [0.1, 0.15) is 0 Å². The summed E-state index contributed by atoms with van der Waals surface area (Å²) in [6.45, 7) is 5.03. The zero-order valence-corrected chi connectivity index (χ0v) is 16.6. The van der Waals surface area contributed by atoms with Gasteiger partial charge in [0.05, 0.1) is 5.56 Å². The number of para-hydroxylation sites is 1. The number of hydrogen-bond acceptors (Lipinski definition) is 5. The highest BCUT2D eigenvalue weighted by Crippen LogP contribution is 2.41. The predicted molar refractivity (Wildman–Crippen MR) is 111 cm³/mol. The monoisotopic (exact) mass is 391 g/mol.